The molecular formula is C64H65N3O. The zero-order chi connectivity index (χ0) is 56.7. The van der Waals surface area contributed by atoms with Crippen LogP contribution in [-0.4, -0.2) is 19.6 Å². The van der Waals surface area contributed by atoms with Crippen molar-refractivity contribution in [2.75, 3.05) is 0 Å². The van der Waals surface area contributed by atoms with Gasteiger partial charge in [-0.1, -0.05) is 172 Å². The number of aromatic hydroxyl groups is 1. The Bertz CT molecular complexity index is 3710. The Labute approximate surface area is 418 Å². The molecule has 0 spiro atoms. The summed E-state index contributed by atoms with van der Waals surface area (Å²) in [7, 11) is 0. The zero-order valence-corrected chi connectivity index (χ0v) is 40.4. The summed E-state index contributed by atoms with van der Waals surface area (Å²) in [6.07, 6.45) is 1.80. The predicted octanol–water partition coefficient (Wildman–Crippen LogP) is 17.6. The van der Waals surface area contributed by atoms with Crippen molar-refractivity contribution >= 4 is 11.0 Å². The standard InChI is InChI=1S/C64H65N3O/c1-39(2)47-30-48(40(3)4)32-50(31-47)45-25-26-58(42(6)29-45)67-59-20-16-19-54(60(59)66-62(67)55-37-53(63(7,8)9)38-56(61(55)68)64(10,11)12)51-33-49(43-17-14-13-15-18-43)34-52(35-51)57-36-46(27-28-65-57)44-23-21-41(5)22-24-44/h13-40,68H,1-12H3/i6D3,10D3,11D3,39D. The van der Waals surface area contributed by atoms with E-state index in [0.717, 1.165) is 68.3 Å². The van der Waals surface area contributed by atoms with Crippen LogP contribution < -0.4 is 0 Å². The number of para-hydroxylation sites is 1. The van der Waals surface area contributed by atoms with Crippen molar-refractivity contribution in [1.82, 2.24) is 14.5 Å². The average Bonchev–Trinajstić information content (AvgIpc) is 3.86. The van der Waals surface area contributed by atoms with Crippen molar-refractivity contribution in [1.29, 1.82) is 0 Å². The summed E-state index contributed by atoms with van der Waals surface area (Å²) < 4.78 is 90.5. The molecule has 0 atom stereocenters. The van der Waals surface area contributed by atoms with Crippen LogP contribution in [0.25, 0.3) is 83.9 Å². The monoisotopic (exact) mass is 902 g/mol. The zero-order valence-electron chi connectivity index (χ0n) is 50.4. The lowest BCUT2D eigenvalue weighted by Gasteiger charge is -2.27. The summed E-state index contributed by atoms with van der Waals surface area (Å²) >= 11 is 0. The van der Waals surface area contributed by atoms with Crippen molar-refractivity contribution in [2.24, 2.45) is 0 Å². The van der Waals surface area contributed by atoms with Gasteiger partial charge in [0.05, 0.1) is 28.0 Å². The Morgan fingerprint density at radius 2 is 1.26 bits per heavy atom. The number of fused-ring (bicyclic) bond motifs is 1. The van der Waals surface area contributed by atoms with Crippen LogP contribution in [0.1, 0.15) is 128 Å². The maximum atomic E-state index is 12.8. The summed E-state index contributed by atoms with van der Waals surface area (Å²) in [4.78, 5) is 10.3. The van der Waals surface area contributed by atoms with Crippen LogP contribution in [0.15, 0.2) is 158 Å². The molecule has 4 nitrogen and oxygen atoms in total. The highest BCUT2D eigenvalue weighted by molar-refractivity contribution is 5.98. The number of phenols is 1. The molecule has 0 unspecified atom stereocenters. The number of aromatic nitrogens is 3. The molecule has 9 rings (SSSR count). The minimum absolute atomic E-state index is 0.0164. The van der Waals surface area contributed by atoms with E-state index in [2.05, 4.69) is 69.3 Å². The third-order valence-electron chi connectivity index (χ3n) is 13.0. The van der Waals surface area contributed by atoms with Crippen molar-refractivity contribution in [3.05, 3.63) is 191 Å². The summed E-state index contributed by atoms with van der Waals surface area (Å²) in [5, 5.41) is 12.8. The van der Waals surface area contributed by atoms with E-state index in [1.807, 2.05) is 113 Å². The molecule has 7 aromatic carbocycles. The fourth-order valence-electron chi connectivity index (χ4n) is 8.97. The number of benzene rings is 7. The van der Waals surface area contributed by atoms with E-state index in [0.29, 0.717) is 27.7 Å². The molecule has 68 heavy (non-hydrogen) atoms. The highest BCUT2D eigenvalue weighted by atomic mass is 16.3. The first-order valence-corrected chi connectivity index (χ1v) is 23.3. The number of rotatable bonds is 9. The molecule has 0 radical (unpaired) electrons. The van der Waals surface area contributed by atoms with Gasteiger partial charge in [-0.05, 0) is 152 Å². The van der Waals surface area contributed by atoms with Crippen LogP contribution in [-0.2, 0) is 10.8 Å². The molecule has 0 amide bonds. The lowest BCUT2D eigenvalue weighted by atomic mass is 9.79. The van der Waals surface area contributed by atoms with Gasteiger partial charge >= 0.3 is 0 Å². The Balaban J connectivity index is 1.39. The van der Waals surface area contributed by atoms with E-state index >= 15 is 0 Å². The van der Waals surface area contributed by atoms with Gasteiger partial charge in [-0.15, -0.1) is 0 Å². The summed E-state index contributed by atoms with van der Waals surface area (Å²) in [5.74, 6) is -1.38. The smallest absolute Gasteiger partial charge is 0.149 e. The Morgan fingerprint density at radius 1 is 0.588 bits per heavy atom. The lowest BCUT2D eigenvalue weighted by molar-refractivity contribution is 0.446. The number of aryl methyl sites for hydroxylation is 2. The topological polar surface area (TPSA) is 50.9 Å². The molecule has 0 aliphatic heterocycles. The quantitative estimate of drug-likeness (QED) is 0.157. The van der Waals surface area contributed by atoms with Gasteiger partial charge in [-0.25, -0.2) is 4.98 Å². The van der Waals surface area contributed by atoms with E-state index in [9.17, 15) is 9.22 Å². The summed E-state index contributed by atoms with van der Waals surface area (Å²) in [6.45, 7) is 7.72. The van der Waals surface area contributed by atoms with E-state index in [1.54, 1.807) is 29.0 Å². The van der Waals surface area contributed by atoms with E-state index < -0.39 is 43.0 Å². The lowest BCUT2D eigenvalue weighted by Crippen LogP contribution is -2.17. The normalized spacial score (nSPS) is 15.0. The minimum Gasteiger partial charge on any atom is -0.507 e. The Kier molecular flexibility index (Phi) is 9.24. The Hall–Kier alpha value is -7.04. The van der Waals surface area contributed by atoms with Crippen LogP contribution in [0.3, 0.4) is 0 Å². The second-order valence-electron chi connectivity index (χ2n) is 19.9. The molecule has 342 valence electrons. The molecule has 9 aromatic rings. The molecular weight excluding hydrogens is 827 g/mol. The molecule has 2 heterocycles. The van der Waals surface area contributed by atoms with Gasteiger partial charge in [0.15, 0.2) is 0 Å². The molecule has 4 heteroatoms. The maximum absolute atomic E-state index is 12.8. The largest absolute Gasteiger partial charge is 0.507 e. The van der Waals surface area contributed by atoms with Gasteiger partial charge in [0.2, 0.25) is 0 Å². The van der Waals surface area contributed by atoms with Crippen molar-refractivity contribution in [2.45, 2.75) is 106 Å². The highest BCUT2D eigenvalue weighted by Crippen LogP contribution is 2.45. The van der Waals surface area contributed by atoms with Crippen LogP contribution in [0.5, 0.6) is 5.75 Å². The average molecular weight is 902 g/mol. The molecule has 0 fully saturated rings. The molecule has 0 saturated heterocycles. The van der Waals surface area contributed by atoms with E-state index in [-0.39, 0.29) is 34.1 Å². The number of phenolic OH excluding ortho intramolecular Hbond substituents is 1. The SMILES string of the molecule is [2H]C([2H])([2H])c1cc(-c2cc(C(C)C)cc(C([2H])(C)C)c2)ccc1-n1c(-c2cc(C(C)(C)C)cc(C(C)(C([2H])([2H])[2H])C([2H])([2H])[2H])c2O)nc2c(-c3cc(-c4ccccc4)cc(-c4cc(-c5ccc(C)cc5)ccn4)c3)cccc21. The molecule has 0 aliphatic rings. The second kappa shape index (κ2) is 17.9. The van der Waals surface area contributed by atoms with Crippen LogP contribution in [0.4, 0.5) is 0 Å². The number of pyridine rings is 1. The second-order valence-corrected chi connectivity index (χ2v) is 19.9. The minimum atomic E-state index is -3.13. The van der Waals surface area contributed by atoms with Gasteiger partial charge in [-0.2, -0.15) is 0 Å². The maximum Gasteiger partial charge on any atom is 0.149 e. The predicted molar refractivity (Wildman–Crippen MR) is 288 cm³/mol. The van der Waals surface area contributed by atoms with Gasteiger partial charge in [0.25, 0.3) is 0 Å². The molecule has 2 aromatic heterocycles. The van der Waals surface area contributed by atoms with Crippen LogP contribution in [0, 0.1) is 13.8 Å². The first kappa shape index (κ1) is 35.2. The first-order chi connectivity index (χ1) is 36.3. The number of nitrogens with zero attached hydrogens (tertiary/aromatic N) is 3. The molecule has 0 aliphatic carbocycles. The fraction of sp³-hybridized carbons (Fsp3) is 0.250. The molecule has 0 saturated carbocycles. The third kappa shape index (κ3) is 9.05. The summed E-state index contributed by atoms with van der Waals surface area (Å²) in [6, 6.07) is 48.6. The fourth-order valence-corrected chi connectivity index (χ4v) is 8.97. The number of hydrogen-bond acceptors (Lipinski definition) is 3. The van der Waals surface area contributed by atoms with Crippen LogP contribution >= 0.6 is 0 Å². The van der Waals surface area contributed by atoms with Crippen molar-refractivity contribution in [3.63, 3.8) is 0 Å². The first-order valence-electron chi connectivity index (χ1n) is 28.3. The molecule has 0 bridgehead atoms. The van der Waals surface area contributed by atoms with Gasteiger partial charge in [-0.3, -0.25) is 9.55 Å². The number of imidazole rings is 1. The number of hydrogen-bond donors (Lipinski definition) is 1. The van der Waals surface area contributed by atoms with Gasteiger partial charge in [0, 0.05) is 36.6 Å². The van der Waals surface area contributed by atoms with Gasteiger partial charge in [0.1, 0.15) is 11.6 Å². The third-order valence-corrected chi connectivity index (χ3v) is 13.0. The summed E-state index contributed by atoms with van der Waals surface area (Å²) in [5.41, 5.74) is 9.14. The van der Waals surface area contributed by atoms with Gasteiger partial charge < -0.3 is 5.11 Å². The highest BCUT2D eigenvalue weighted by Gasteiger charge is 2.29. The van der Waals surface area contributed by atoms with Crippen molar-refractivity contribution < 1.29 is 18.8 Å². The Morgan fingerprint density at radius 3 is 1.97 bits per heavy atom. The van der Waals surface area contributed by atoms with E-state index in [1.165, 1.54) is 6.07 Å². The van der Waals surface area contributed by atoms with E-state index in [4.69, 9.17) is 19.6 Å². The van der Waals surface area contributed by atoms with Crippen molar-refractivity contribution in [3.8, 4) is 78.6 Å². The molecule has 1 N–H and O–H groups in total. The van der Waals surface area contributed by atoms with Crippen LogP contribution in [0.2, 0.25) is 0 Å².